The Morgan fingerprint density at radius 1 is 1.26 bits per heavy atom. The molecule has 19 heavy (non-hydrogen) atoms. The molecule has 0 radical (unpaired) electrons. The van der Waals surface area contributed by atoms with Crippen LogP contribution in [0.3, 0.4) is 0 Å². The van der Waals surface area contributed by atoms with Gasteiger partial charge in [0.15, 0.2) is 5.69 Å². The normalized spacial score (nSPS) is 14.3. The Morgan fingerprint density at radius 3 is 2.68 bits per heavy atom. The van der Waals surface area contributed by atoms with Crippen molar-refractivity contribution in [3.05, 3.63) is 46.5 Å². The fraction of sp³-hybridized carbons (Fsp3) is 0.231. The summed E-state index contributed by atoms with van der Waals surface area (Å²) in [6, 6.07) is 8.02. The van der Waals surface area contributed by atoms with Crippen molar-refractivity contribution in [3.63, 3.8) is 0 Å². The van der Waals surface area contributed by atoms with Gasteiger partial charge in [0, 0.05) is 23.2 Å². The molecule has 1 aliphatic rings. The van der Waals surface area contributed by atoms with E-state index in [0.29, 0.717) is 6.54 Å². The van der Waals surface area contributed by atoms with Crippen LogP contribution in [-0.2, 0) is 13.1 Å². The Labute approximate surface area is 118 Å². The van der Waals surface area contributed by atoms with Crippen LogP contribution in [0.2, 0.25) is 0 Å². The standard InChI is InChI=1S/C13H12BrN3O2/c14-9-1-3-10(4-2-9)16-5-6-17-8-15-12(13(18)19)11(17)7-16/h1-4,8H,5-7H2,(H,18,19). The molecular formula is C13H12BrN3O2. The van der Waals surface area contributed by atoms with Crippen LogP contribution in [0.25, 0.3) is 0 Å². The van der Waals surface area contributed by atoms with E-state index in [2.05, 4.69) is 25.8 Å². The first-order valence-electron chi connectivity index (χ1n) is 5.93. The molecule has 2 aromatic rings. The SMILES string of the molecule is O=C(O)c1ncn2c1CN(c1ccc(Br)cc1)CC2. The minimum Gasteiger partial charge on any atom is -0.476 e. The van der Waals surface area contributed by atoms with Crippen LogP contribution in [-0.4, -0.2) is 27.2 Å². The van der Waals surface area contributed by atoms with Crippen LogP contribution < -0.4 is 4.90 Å². The number of nitrogens with zero attached hydrogens (tertiary/aromatic N) is 3. The number of imidazole rings is 1. The number of hydrogen-bond acceptors (Lipinski definition) is 3. The van der Waals surface area contributed by atoms with E-state index in [-0.39, 0.29) is 5.69 Å². The van der Waals surface area contributed by atoms with E-state index in [1.807, 2.05) is 28.8 Å². The summed E-state index contributed by atoms with van der Waals surface area (Å²) in [5.74, 6) is -0.966. The molecule has 3 rings (SSSR count). The number of rotatable bonds is 2. The molecule has 0 aliphatic carbocycles. The van der Waals surface area contributed by atoms with Gasteiger partial charge in [0.1, 0.15) is 0 Å². The Balaban J connectivity index is 1.90. The Morgan fingerprint density at radius 2 is 2.00 bits per heavy atom. The molecule has 0 fully saturated rings. The van der Waals surface area contributed by atoms with E-state index in [4.69, 9.17) is 5.11 Å². The number of carboxylic acid groups (broad SMARTS) is 1. The minimum atomic E-state index is -0.966. The van der Waals surface area contributed by atoms with Crippen LogP contribution in [0.5, 0.6) is 0 Å². The molecule has 0 amide bonds. The lowest BCUT2D eigenvalue weighted by molar-refractivity contribution is 0.0689. The highest BCUT2D eigenvalue weighted by molar-refractivity contribution is 9.10. The first-order chi connectivity index (χ1) is 9.15. The zero-order valence-electron chi connectivity index (χ0n) is 10.1. The molecule has 1 aromatic carbocycles. The smallest absolute Gasteiger partial charge is 0.356 e. The van der Waals surface area contributed by atoms with Gasteiger partial charge in [-0.2, -0.15) is 0 Å². The highest BCUT2D eigenvalue weighted by atomic mass is 79.9. The third kappa shape index (κ3) is 2.23. The van der Waals surface area contributed by atoms with E-state index in [1.165, 1.54) is 0 Å². The zero-order chi connectivity index (χ0) is 13.4. The highest BCUT2D eigenvalue weighted by Crippen LogP contribution is 2.24. The molecule has 98 valence electrons. The minimum absolute atomic E-state index is 0.154. The topological polar surface area (TPSA) is 58.4 Å². The third-order valence-electron chi connectivity index (χ3n) is 3.29. The maximum Gasteiger partial charge on any atom is 0.356 e. The fourth-order valence-corrected chi connectivity index (χ4v) is 2.57. The van der Waals surface area contributed by atoms with Crippen molar-refractivity contribution in [1.82, 2.24) is 9.55 Å². The predicted octanol–water partition coefficient (Wildman–Crippen LogP) is 2.36. The Hall–Kier alpha value is -1.82. The average molecular weight is 322 g/mol. The molecule has 1 aliphatic heterocycles. The van der Waals surface area contributed by atoms with E-state index < -0.39 is 5.97 Å². The van der Waals surface area contributed by atoms with Crippen molar-refractivity contribution in [2.75, 3.05) is 11.4 Å². The number of benzene rings is 1. The molecule has 6 heteroatoms. The number of aromatic nitrogens is 2. The molecule has 0 bridgehead atoms. The van der Waals surface area contributed by atoms with Gasteiger partial charge in [0.2, 0.25) is 0 Å². The van der Waals surface area contributed by atoms with Gasteiger partial charge in [0.05, 0.1) is 18.6 Å². The van der Waals surface area contributed by atoms with Crippen molar-refractivity contribution in [2.24, 2.45) is 0 Å². The number of carbonyl (C=O) groups is 1. The van der Waals surface area contributed by atoms with Crippen molar-refractivity contribution in [1.29, 1.82) is 0 Å². The van der Waals surface area contributed by atoms with Gasteiger partial charge in [-0.3, -0.25) is 0 Å². The molecule has 1 aromatic heterocycles. The lowest BCUT2D eigenvalue weighted by Gasteiger charge is -2.30. The number of hydrogen-bond donors (Lipinski definition) is 1. The first kappa shape index (κ1) is 12.2. The van der Waals surface area contributed by atoms with Gasteiger partial charge in [-0.15, -0.1) is 0 Å². The molecular weight excluding hydrogens is 310 g/mol. The van der Waals surface area contributed by atoms with E-state index >= 15 is 0 Å². The van der Waals surface area contributed by atoms with Crippen molar-refractivity contribution in [3.8, 4) is 0 Å². The maximum absolute atomic E-state index is 11.1. The van der Waals surface area contributed by atoms with Crippen LogP contribution in [0.15, 0.2) is 35.1 Å². The molecule has 5 nitrogen and oxygen atoms in total. The number of anilines is 1. The average Bonchev–Trinajstić information content (AvgIpc) is 2.82. The van der Waals surface area contributed by atoms with Crippen LogP contribution in [0.4, 0.5) is 5.69 Å². The maximum atomic E-state index is 11.1. The Bertz CT molecular complexity index is 621. The quantitative estimate of drug-likeness (QED) is 0.922. The molecule has 2 heterocycles. The van der Waals surface area contributed by atoms with Gasteiger partial charge in [-0.05, 0) is 24.3 Å². The van der Waals surface area contributed by atoms with Crippen LogP contribution >= 0.6 is 15.9 Å². The second kappa shape index (κ2) is 4.70. The lowest BCUT2D eigenvalue weighted by Crippen LogP contribution is -2.34. The van der Waals surface area contributed by atoms with Crippen molar-refractivity contribution in [2.45, 2.75) is 13.1 Å². The molecule has 0 saturated carbocycles. The largest absolute Gasteiger partial charge is 0.476 e. The summed E-state index contributed by atoms with van der Waals surface area (Å²) in [5.41, 5.74) is 2.01. The number of aromatic carboxylic acids is 1. The van der Waals surface area contributed by atoms with Gasteiger partial charge >= 0.3 is 5.97 Å². The van der Waals surface area contributed by atoms with Gasteiger partial charge in [0.25, 0.3) is 0 Å². The van der Waals surface area contributed by atoms with Crippen molar-refractivity contribution < 1.29 is 9.90 Å². The van der Waals surface area contributed by atoms with Gasteiger partial charge in [-0.1, -0.05) is 15.9 Å². The number of carboxylic acids is 1. The van der Waals surface area contributed by atoms with E-state index in [0.717, 1.165) is 28.9 Å². The van der Waals surface area contributed by atoms with Gasteiger partial charge < -0.3 is 14.6 Å². The summed E-state index contributed by atoms with van der Waals surface area (Å²) in [6.07, 6.45) is 1.61. The summed E-state index contributed by atoms with van der Waals surface area (Å²) in [7, 11) is 0. The molecule has 0 saturated heterocycles. The summed E-state index contributed by atoms with van der Waals surface area (Å²) < 4.78 is 2.95. The number of fused-ring (bicyclic) bond motifs is 1. The molecule has 0 unspecified atom stereocenters. The summed E-state index contributed by atoms with van der Waals surface area (Å²) >= 11 is 3.41. The van der Waals surface area contributed by atoms with E-state index in [1.54, 1.807) is 6.33 Å². The summed E-state index contributed by atoms with van der Waals surface area (Å²) in [4.78, 5) is 17.3. The van der Waals surface area contributed by atoms with Gasteiger partial charge in [-0.25, -0.2) is 9.78 Å². The Kier molecular flexibility index (Phi) is 3.02. The number of halogens is 1. The second-order valence-corrected chi connectivity index (χ2v) is 5.35. The second-order valence-electron chi connectivity index (χ2n) is 4.44. The third-order valence-corrected chi connectivity index (χ3v) is 3.82. The fourth-order valence-electron chi connectivity index (χ4n) is 2.31. The molecule has 0 atom stereocenters. The summed E-state index contributed by atoms with van der Waals surface area (Å²) in [5, 5.41) is 9.12. The van der Waals surface area contributed by atoms with Crippen LogP contribution in [0.1, 0.15) is 16.2 Å². The summed E-state index contributed by atoms with van der Waals surface area (Å²) in [6.45, 7) is 2.18. The van der Waals surface area contributed by atoms with Crippen molar-refractivity contribution >= 4 is 27.6 Å². The lowest BCUT2D eigenvalue weighted by atomic mass is 10.2. The molecule has 1 N–H and O–H groups in total. The predicted molar refractivity (Wildman–Crippen MR) is 74.4 cm³/mol. The van der Waals surface area contributed by atoms with E-state index in [9.17, 15) is 4.79 Å². The van der Waals surface area contributed by atoms with Crippen LogP contribution in [0, 0.1) is 0 Å². The first-order valence-corrected chi connectivity index (χ1v) is 6.72. The highest BCUT2D eigenvalue weighted by Gasteiger charge is 2.23. The monoisotopic (exact) mass is 321 g/mol. The zero-order valence-corrected chi connectivity index (χ0v) is 11.7. The molecule has 0 spiro atoms.